The zero-order valence-corrected chi connectivity index (χ0v) is 15.1. The molecule has 0 atom stereocenters. The lowest BCUT2D eigenvalue weighted by Crippen LogP contribution is -2.32. The molecule has 0 saturated carbocycles. The third kappa shape index (κ3) is 5.52. The first kappa shape index (κ1) is 19.4. The molecule has 0 aliphatic rings. The topological polar surface area (TPSA) is 66.5 Å². The molecule has 0 heterocycles. The average Bonchev–Trinajstić information content (AvgIpc) is 2.54. The van der Waals surface area contributed by atoms with Crippen LogP contribution in [0.25, 0.3) is 0 Å². The van der Waals surface area contributed by atoms with Crippen molar-refractivity contribution in [1.29, 1.82) is 0 Å². The first-order valence-corrected chi connectivity index (χ1v) is 9.38. The van der Waals surface area contributed by atoms with Crippen LogP contribution in [0.5, 0.6) is 0 Å². The van der Waals surface area contributed by atoms with Crippen molar-refractivity contribution in [2.75, 3.05) is 13.6 Å². The summed E-state index contributed by atoms with van der Waals surface area (Å²) in [7, 11) is -2.20. The first-order chi connectivity index (χ1) is 11.8. The Morgan fingerprint density at radius 3 is 2.60 bits per heavy atom. The molecular formula is C17H18ClFN2O3S. The van der Waals surface area contributed by atoms with Gasteiger partial charge in [0.2, 0.25) is 15.9 Å². The van der Waals surface area contributed by atoms with Crippen LogP contribution in [0.4, 0.5) is 4.39 Å². The molecule has 0 saturated heterocycles. The van der Waals surface area contributed by atoms with Crippen molar-refractivity contribution in [1.82, 2.24) is 9.62 Å². The molecule has 0 bridgehead atoms. The van der Waals surface area contributed by atoms with E-state index in [0.717, 1.165) is 0 Å². The molecule has 0 aliphatic heterocycles. The molecule has 5 nitrogen and oxygen atoms in total. The smallest absolute Gasteiger partial charge is 0.242 e. The van der Waals surface area contributed by atoms with E-state index in [-0.39, 0.29) is 41.2 Å². The largest absolute Gasteiger partial charge is 0.341 e. The minimum absolute atomic E-state index is 0.0184. The number of amides is 1. The highest BCUT2D eigenvalue weighted by Crippen LogP contribution is 2.20. The molecule has 134 valence electrons. The fourth-order valence-corrected chi connectivity index (χ4v) is 3.77. The molecule has 2 aromatic carbocycles. The third-order valence-corrected chi connectivity index (χ3v) is 5.45. The maximum Gasteiger partial charge on any atom is 0.242 e. The maximum absolute atomic E-state index is 13.2. The summed E-state index contributed by atoms with van der Waals surface area (Å²) < 4.78 is 39.9. The first-order valence-electron chi connectivity index (χ1n) is 7.52. The van der Waals surface area contributed by atoms with Gasteiger partial charge in [-0.1, -0.05) is 35.9 Å². The summed E-state index contributed by atoms with van der Waals surface area (Å²) in [6.07, 6.45) is -0.0184. The molecule has 0 fully saturated rings. The zero-order chi connectivity index (χ0) is 18.4. The summed E-state index contributed by atoms with van der Waals surface area (Å²) in [5.41, 5.74) is 0.660. The van der Waals surface area contributed by atoms with Gasteiger partial charge in [-0.3, -0.25) is 4.79 Å². The van der Waals surface area contributed by atoms with E-state index in [1.54, 1.807) is 31.3 Å². The van der Waals surface area contributed by atoms with Crippen molar-refractivity contribution >= 4 is 27.5 Å². The molecule has 2 aromatic rings. The summed E-state index contributed by atoms with van der Waals surface area (Å²) >= 11 is 5.88. The Bertz CT molecular complexity index is 858. The fraction of sp³-hybridized carbons (Fsp3) is 0.235. The molecular weight excluding hydrogens is 367 g/mol. The molecule has 1 N–H and O–H groups in total. The van der Waals surface area contributed by atoms with E-state index in [2.05, 4.69) is 4.72 Å². The van der Waals surface area contributed by atoms with Gasteiger partial charge in [-0.2, -0.15) is 0 Å². The lowest BCUT2D eigenvalue weighted by atomic mass is 10.2. The second-order valence-electron chi connectivity index (χ2n) is 5.46. The van der Waals surface area contributed by atoms with Crippen molar-refractivity contribution in [2.24, 2.45) is 0 Å². The van der Waals surface area contributed by atoms with Gasteiger partial charge >= 0.3 is 0 Å². The van der Waals surface area contributed by atoms with Gasteiger partial charge in [-0.05, 0) is 29.8 Å². The Morgan fingerprint density at radius 2 is 1.92 bits per heavy atom. The molecule has 0 unspecified atom stereocenters. The van der Waals surface area contributed by atoms with Crippen LogP contribution >= 0.6 is 11.6 Å². The standard InChI is InChI=1S/C17H18ClFN2O3S/c1-21(12-13-5-4-6-14(19)11-13)17(22)9-10-20-25(23,24)16-8-3-2-7-15(16)18/h2-8,11,20H,9-10,12H2,1H3. The molecule has 25 heavy (non-hydrogen) atoms. The summed E-state index contributed by atoms with van der Waals surface area (Å²) in [6, 6.07) is 12.0. The molecule has 0 spiro atoms. The Morgan fingerprint density at radius 1 is 1.20 bits per heavy atom. The lowest BCUT2D eigenvalue weighted by molar-refractivity contribution is -0.130. The van der Waals surface area contributed by atoms with E-state index < -0.39 is 10.0 Å². The van der Waals surface area contributed by atoms with Crippen LogP contribution in [-0.2, 0) is 21.4 Å². The van der Waals surface area contributed by atoms with Crippen LogP contribution in [0.2, 0.25) is 5.02 Å². The Balaban J connectivity index is 1.88. The van der Waals surface area contributed by atoms with Gasteiger partial charge in [0, 0.05) is 26.6 Å². The third-order valence-electron chi connectivity index (χ3n) is 3.49. The number of rotatable bonds is 7. The van der Waals surface area contributed by atoms with Crippen molar-refractivity contribution in [3.8, 4) is 0 Å². The number of carbonyl (C=O) groups is 1. The van der Waals surface area contributed by atoms with Crippen LogP contribution in [0.1, 0.15) is 12.0 Å². The van der Waals surface area contributed by atoms with Crippen molar-refractivity contribution in [3.63, 3.8) is 0 Å². The highest BCUT2D eigenvalue weighted by Gasteiger charge is 2.18. The number of hydrogen-bond donors (Lipinski definition) is 1. The van der Waals surface area contributed by atoms with E-state index in [9.17, 15) is 17.6 Å². The number of nitrogens with one attached hydrogen (secondary N) is 1. The SMILES string of the molecule is CN(Cc1cccc(F)c1)C(=O)CCNS(=O)(=O)c1ccccc1Cl. The molecule has 2 rings (SSSR count). The van der Waals surface area contributed by atoms with Crippen LogP contribution in [-0.4, -0.2) is 32.8 Å². The number of sulfonamides is 1. The van der Waals surface area contributed by atoms with Gasteiger partial charge < -0.3 is 4.90 Å². The summed E-state index contributed by atoms with van der Waals surface area (Å²) in [5, 5.41) is 0.115. The summed E-state index contributed by atoms with van der Waals surface area (Å²) in [6.45, 7) is 0.188. The Kier molecular flexibility index (Phi) is 6.52. The van der Waals surface area contributed by atoms with Gasteiger partial charge in [-0.15, -0.1) is 0 Å². The number of halogens is 2. The van der Waals surface area contributed by atoms with Crippen LogP contribution < -0.4 is 4.72 Å². The molecule has 0 radical (unpaired) electrons. The minimum atomic E-state index is -3.78. The second kappa shape index (κ2) is 8.42. The quantitative estimate of drug-likeness (QED) is 0.798. The molecule has 0 aromatic heterocycles. The molecule has 0 aliphatic carbocycles. The predicted molar refractivity (Wildman–Crippen MR) is 94.1 cm³/mol. The number of hydrogen-bond acceptors (Lipinski definition) is 3. The second-order valence-corrected chi connectivity index (χ2v) is 7.60. The number of nitrogens with zero attached hydrogens (tertiary/aromatic N) is 1. The van der Waals surface area contributed by atoms with E-state index in [4.69, 9.17) is 11.6 Å². The Hall–Kier alpha value is -1.96. The summed E-state index contributed by atoms with van der Waals surface area (Å²) in [5.74, 6) is -0.628. The van der Waals surface area contributed by atoms with Crippen molar-refractivity contribution in [2.45, 2.75) is 17.9 Å². The van der Waals surface area contributed by atoms with E-state index in [1.807, 2.05) is 0 Å². The van der Waals surface area contributed by atoms with Gasteiger partial charge in [0.25, 0.3) is 0 Å². The average molecular weight is 385 g/mol. The monoisotopic (exact) mass is 384 g/mol. The van der Waals surface area contributed by atoms with E-state index in [0.29, 0.717) is 5.56 Å². The maximum atomic E-state index is 13.2. The van der Waals surface area contributed by atoms with E-state index in [1.165, 1.54) is 29.2 Å². The highest BCUT2D eigenvalue weighted by atomic mass is 35.5. The zero-order valence-electron chi connectivity index (χ0n) is 13.6. The van der Waals surface area contributed by atoms with Crippen LogP contribution in [0, 0.1) is 5.82 Å². The minimum Gasteiger partial charge on any atom is -0.341 e. The highest BCUT2D eigenvalue weighted by molar-refractivity contribution is 7.89. The van der Waals surface area contributed by atoms with Crippen LogP contribution in [0.3, 0.4) is 0 Å². The van der Waals surface area contributed by atoms with Gasteiger partial charge in [0.05, 0.1) is 5.02 Å². The number of carbonyl (C=O) groups excluding carboxylic acids is 1. The van der Waals surface area contributed by atoms with Gasteiger partial charge in [0.1, 0.15) is 10.7 Å². The Labute approximate surface area is 151 Å². The van der Waals surface area contributed by atoms with Gasteiger partial charge in [0.15, 0.2) is 0 Å². The van der Waals surface area contributed by atoms with Crippen LogP contribution in [0.15, 0.2) is 53.4 Å². The predicted octanol–water partition coefficient (Wildman–Crippen LogP) is 2.81. The van der Waals surface area contributed by atoms with Crippen molar-refractivity contribution < 1.29 is 17.6 Å². The lowest BCUT2D eigenvalue weighted by Gasteiger charge is -2.17. The summed E-state index contributed by atoms with van der Waals surface area (Å²) in [4.78, 5) is 13.5. The normalized spacial score (nSPS) is 11.3. The fourth-order valence-electron chi connectivity index (χ4n) is 2.22. The molecule has 8 heteroatoms. The van der Waals surface area contributed by atoms with Crippen molar-refractivity contribution in [3.05, 3.63) is 64.9 Å². The molecule has 1 amide bonds. The number of benzene rings is 2. The van der Waals surface area contributed by atoms with Gasteiger partial charge in [-0.25, -0.2) is 17.5 Å². The van der Waals surface area contributed by atoms with E-state index >= 15 is 0 Å².